The summed E-state index contributed by atoms with van der Waals surface area (Å²) in [5.74, 6) is -0.572. The minimum absolute atomic E-state index is 0.0761. The van der Waals surface area contributed by atoms with Crippen LogP contribution in [-0.2, 0) is 4.74 Å². The number of rotatable bonds is 2. The number of nitrogens with zero attached hydrogens (tertiary/aromatic N) is 1. The van der Waals surface area contributed by atoms with Crippen LogP contribution in [0.15, 0.2) is 18.2 Å². The van der Waals surface area contributed by atoms with Crippen LogP contribution in [0.25, 0.3) is 0 Å². The summed E-state index contributed by atoms with van der Waals surface area (Å²) in [4.78, 5) is 10.2. The van der Waals surface area contributed by atoms with Gasteiger partial charge in [-0.1, -0.05) is 6.07 Å². The van der Waals surface area contributed by atoms with E-state index < -0.39 is 16.8 Å². The lowest BCUT2D eigenvalue weighted by Crippen LogP contribution is -2.35. The molecule has 1 unspecified atom stereocenters. The minimum Gasteiger partial charge on any atom is -0.378 e. The van der Waals surface area contributed by atoms with Crippen LogP contribution < -0.4 is 5.32 Å². The summed E-state index contributed by atoms with van der Waals surface area (Å²) in [5, 5.41) is 13.8. The lowest BCUT2D eigenvalue weighted by Gasteiger charge is -2.24. The fourth-order valence-corrected chi connectivity index (χ4v) is 1.78. The van der Waals surface area contributed by atoms with Gasteiger partial charge >= 0.3 is 0 Å². The predicted molar refractivity (Wildman–Crippen MR) is 54.6 cm³/mol. The monoisotopic (exact) mass is 226 g/mol. The maximum absolute atomic E-state index is 13.6. The Labute approximate surface area is 91.4 Å². The van der Waals surface area contributed by atoms with Crippen LogP contribution in [-0.4, -0.2) is 24.7 Å². The molecule has 1 aromatic rings. The average molecular weight is 226 g/mol. The van der Waals surface area contributed by atoms with Crippen molar-refractivity contribution >= 4 is 5.69 Å². The molecule has 0 radical (unpaired) electrons. The van der Waals surface area contributed by atoms with Gasteiger partial charge in [0.05, 0.1) is 29.7 Å². The third-order valence-electron chi connectivity index (χ3n) is 2.50. The highest BCUT2D eigenvalue weighted by Crippen LogP contribution is 2.28. The first-order valence-corrected chi connectivity index (χ1v) is 4.94. The van der Waals surface area contributed by atoms with Gasteiger partial charge in [0.2, 0.25) is 0 Å². The normalized spacial score (nSPS) is 20.7. The number of nitro benzene ring substituents is 1. The number of hydrogen-bond acceptors (Lipinski definition) is 4. The van der Waals surface area contributed by atoms with Gasteiger partial charge in [-0.25, -0.2) is 4.39 Å². The van der Waals surface area contributed by atoms with Crippen molar-refractivity contribution in [3.63, 3.8) is 0 Å². The van der Waals surface area contributed by atoms with Gasteiger partial charge in [-0.3, -0.25) is 10.1 Å². The molecule has 0 saturated carbocycles. The van der Waals surface area contributed by atoms with Crippen molar-refractivity contribution in [3.8, 4) is 0 Å². The second-order valence-corrected chi connectivity index (χ2v) is 3.51. The Morgan fingerprint density at radius 3 is 3.00 bits per heavy atom. The fourth-order valence-electron chi connectivity index (χ4n) is 1.78. The van der Waals surface area contributed by atoms with E-state index in [1.54, 1.807) is 0 Å². The van der Waals surface area contributed by atoms with Gasteiger partial charge in [0.25, 0.3) is 5.69 Å². The summed E-state index contributed by atoms with van der Waals surface area (Å²) in [6.45, 7) is 1.36. The zero-order valence-corrected chi connectivity index (χ0v) is 8.48. The SMILES string of the molecule is O=[N+]([O-])c1cccc(F)c1C1COCCN1. The van der Waals surface area contributed by atoms with Crippen LogP contribution in [0.5, 0.6) is 0 Å². The van der Waals surface area contributed by atoms with Crippen LogP contribution >= 0.6 is 0 Å². The molecule has 0 amide bonds. The highest BCUT2D eigenvalue weighted by atomic mass is 19.1. The lowest BCUT2D eigenvalue weighted by atomic mass is 10.0. The Bertz CT molecular complexity index is 405. The Morgan fingerprint density at radius 2 is 2.38 bits per heavy atom. The second-order valence-electron chi connectivity index (χ2n) is 3.51. The molecule has 1 N–H and O–H groups in total. The molecule has 0 aliphatic carbocycles. The van der Waals surface area contributed by atoms with E-state index in [-0.39, 0.29) is 17.9 Å². The lowest BCUT2D eigenvalue weighted by molar-refractivity contribution is -0.386. The van der Waals surface area contributed by atoms with E-state index in [2.05, 4.69) is 5.32 Å². The third-order valence-corrected chi connectivity index (χ3v) is 2.50. The minimum atomic E-state index is -0.575. The first-order chi connectivity index (χ1) is 7.70. The van der Waals surface area contributed by atoms with Gasteiger partial charge in [0, 0.05) is 12.6 Å². The van der Waals surface area contributed by atoms with E-state index in [4.69, 9.17) is 4.74 Å². The van der Waals surface area contributed by atoms with Gasteiger partial charge in [-0.05, 0) is 6.07 Å². The van der Waals surface area contributed by atoms with E-state index in [1.165, 1.54) is 18.2 Å². The van der Waals surface area contributed by atoms with Crippen molar-refractivity contribution in [2.45, 2.75) is 6.04 Å². The zero-order chi connectivity index (χ0) is 11.5. The van der Waals surface area contributed by atoms with E-state index in [9.17, 15) is 14.5 Å². The van der Waals surface area contributed by atoms with Gasteiger partial charge < -0.3 is 10.1 Å². The summed E-state index contributed by atoms with van der Waals surface area (Å²) in [5.41, 5.74) is -0.129. The van der Waals surface area contributed by atoms with E-state index in [1.807, 2.05) is 0 Å². The second kappa shape index (κ2) is 4.54. The van der Waals surface area contributed by atoms with E-state index >= 15 is 0 Å². The molecule has 86 valence electrons. The molecule has 2 rings (SSSR count). The van der Waals surface area contributed by atoms with Crippen molar-refractivity contribution < 1.29 is 14.1 Å². The van der Waals surface area contributed by atoms with Crippen LogP contribution in [0.4, 0.5) is 10.1 Å². The molecule has 1 atom stereocenters. The van der Waals surface area contributed by atoms with Gasteiger partial charge in [0.1, 0.15) is 5.82 Å². The van der Waals surface area contributed by atoms with Gasteiger partial charge in [0.15, 0.2) is 0 Å². The standard InChI is InChI=1S/C10H11FN2O3/c11-7-2-1-3-9(13(14)15)10(7)8-6-16-5-4-12-8/h1-3,8,12H,4-6H2. The number of morpholine rings is 1. The molecule has 0 spiro atoms. The van der Waals surface area contributed by atoms with Crippen molar-refractivity contribution in [2.75, 3.05) is 19.8 Å². The Hall–Kier alpha value is -1.53. The smallest absolute Gasteiger partial charge is 0.277 e. The highest BCUT2D eigenvalue weighted by Gasteiger charge is 2.27. The summed E-state index contributed by atoms with van der Waals surface area (Å²) in [6, 6.07) is 3.41. The molecule has 0 aromatic heterocycles. The van der Waals surface area contributed by atoms with Crippen LogP contribution in [0.2, 0.25) is 0 Å². The Kier molecular flexibility index (Phi) is 3.12. The summed E-state index contributed by atoms with van der Waals surface area (Å²) < 4.78 is 18.8. The largest absolute Gasteiger partial charge is 0.378 e. The molecular formula is C10H11FN2O3. The topological polar surface area (TPSA) is 64.4 Å². The van der Waals surface area contributed by atoms with Crippen molar-refractivity contribution in [1.82, 2.24) is 5.32 Å². The quantitative estimate of drug-likeness (QED) is 0.611. The first kappa shape index (κ1) is 11.0. The number of benzene rings is 1. The van der Waals surface area contributed by atoms with Crippen LogP contribution in [0.3, 0.4) is 0 Å². The third kappa shape index (κ3) is 2.02. The maximum Gasteiger partial charge on any atom is 0.277 e. The van der Waals surface area contributed by atoms with E-state index in [0.717, 1.165) is 0 Å². The molecule has 1 saturated heterocycles. The molecular weight excluding hydrogens is 215 g/mol. The molecule has 1 aliphatic rings. The zero-order valence-electron chi connectivity index (χ0n) is 8.48. The van der Waals surface area contributed by atoms with Crippen LogP contribution in [0.1, 0.15) is 11.6 Å². The summed E-state index contributed by atoms with van der Waals surface area (Å²) in [6.07, 6.45) is 0. The van der Waals surface area contributed by atoms with Crippen molar-refractivity contribution in [2.24, 2.45) is 0 Å². The number of nitrogens with one attached hydrogen (secondary N) is 1. The number of hydrogen-bond donors (Lipinski definition) is 1. The maximum atomic E-state index is 13.6. The fraction of sp³-hybridized carbons (Fsp3) is 0.400. The Balaban J connectivity index is 2.40. The summed E-state index contributed by atoms with van der Waals surface area (Å²) >= 11 is 0. The van der Waals surface area contributed by atoms with Gasteiger partial charge in [-0.2, -0.15) is 0 Å². The highest BCUT2D eigenvalue weighted by molar-refractivity contribution is 5.43. The number of ether oxygens (including phenoxy) is 1. The molecule has 1 fully saturated rings. The Morgan fingerprint density at radius 1 is 1.56 bits per heavy atom. The molecule has 5 nitrogen and oxygen atoms in total. The first-order valence-electron chi connectivity index (χ1n) is 4.94. The molecule has 1 heterocycles. The van der Waals surface area contributed by atoms with Crippen LogP contribution in [0, 0.1) is 15.9 Å². The average Bonchev–Trinajstić information content (AvgIpc) is 2.29. The van der Waals surface area contributed by atoms with E-state index in [0.29, 0.717) is 13.2 Å². The van der Waals surface area contributed by atoms with Crippen molar-refractivity contribution in [1.29, 1.82) is 0 Å². The molecule has 6 heteroatoms. The molecule has 0 bridgehead atoms. The number of halogens is 1. The summed E-state index contributed by atoms with van der Waals surface area (Å²) in [7, 11) is 0. The predicted octanol–water partition coefficient (Wildman–Crippen LogP) is 1.39. The van der Waals surface area contributed by atoms with Gasteiger partial charge in [-0.15, -0.1) is 0 Å². The molecule has 16 heavy (non-hydrogen) atoms. The number of nitro groups is 1. The molecule has 1 aromatic carbocycles. The van der Waals surface area contributed by atoms with Crippen molar-refractivity contribution in [3.05, 3.63) is 39.7 Å². The molecule has 1 aliphatic heterocycles.